The second-order valence-electron chi connectivity index (χ2n) is 5.12. The molecule has 0 fully saturated rings. The molecule has 0 aliphatic heterocycles. The van der Waals surface area contributed by atoms with Crippen LogP contribution in [-0.4, -0.2) is 28.6 Å². The van der Waals surface area contributed by atoms with Gasteiger partial charge in [0.05, 0.1) is 11.7 Å². The number of amides is 1. The third-order valence-electron chi connectivity index (χ3n) is 3.41. The molecule has 0 radical (unpaired) electrons. The van der Waals surface area contributed by atoms with Gasteiger partial charge in [-0.25, -0.2) is 9.18 Å². The number of carbonyl (C=O) groups excluding carboxylic acids is 1. The average molecular weight is 337 g/mol. The summed E-state index contributed by atoms with van der Waals surface area (Å²) in [5, 5.41) is 21.5. The van der Waals surface area contributed by atoms with E-state index < -0.39 is 23.8 Å². The van der Waals surface area contributed by atoms with Crippen LogP contribution in [0.1, 0.15) is 42.1 Å². The van der Waals surface area contributed by atoms with Crippen molar-refractivity contribution in [1.29, 1.82) is 0 Å². The molecule has 122 valence electrons. The van der Waals surface area contributed by atoms with Crippen LogP contribution in [0.3, 0.4) is 0 Å². The first-order valence-electron chi connectivity index (χ1n) is 6.85. The topological polar surface area (TPSA) is 86.6 Å². The molecule has 1 aromatic carbocycles. The van der Waals surface area contributed by atoms with Crippen molar-refractivity contribution in [3.63, 3.8) is 0 Å². The van der Waals surface area contributed by atoms with Crippen LogP contribution in [0.25, 0.3) is 0 Å². The molecule has 0 bridgehead atoms. The van der Waals surface area contributed by atoms with E-state index in [9.17, 15) is 19.1 Å². The number of carbonyl (C=O) groups is 2. The summed E-state index contributed by atoms with van der Waals surface area (Å²) in [5.74, 6) is -1.99. The van der Waals surface area contributed by atoms with Crippen molar-refractivity contribution >= 4 is 23.2 Å². The molecule has 1 aromatic heterocycles. The number of benzene rings is 1. The minimum absolute atomic E-state index is 0.0776. The van der Waals surface area contributed by atoms with E-state index >= 15 is 0 Å². The molecule has 0 aliphatic carbocycles. The number of carboxylic acids is 1. The average Bonchev–Trinajstić information content (AvgIpc) is 2.89. The Hall–Kier alpha value is -2.25. The normalized spacial score (nSPS) is 12.0. The molecule has 1 amide bonds. The van der Waals surface area contributed by atoms with Crippen molar-refractivity contribution in [1.82, 2.24) is 5.32 Å². The smallest absolute Gasteiger partial charge is 0.345 e. The molecule has 7 heteroatoms. The van der Waals surface area contributed by atoms with Crippen molar-refractivity contribution in [2.24, 2.45) is 0 Å². The van der Waals surface area contributed by atoms with Crippen LogP contribution >= 0.6 is 11.3 Å². The molecule has 1 heterocycles. The van der Waals surface area contributed by atoms with Gasteiger partial charge in [0.2, 0.25) is 0 Å². The number of aliphatic hydroxyl groups excluding tert-OH is 1. The van der Waals surface area contributed by atoms with Gasteiger partial charge < -0.3 is 15.5 Å². The lowest BCUT2D eigenvalue weighted by Crippen LogP contribution is -2.28. The molecule has 2 rings (SSSR count). The first-order chi connectivity index (χ1) is 10.8. The standard InChI is InChI=1S/C16H16FNO4S/c1-8-3-4-10(5-12(8)17)13(19)7-18-15(20)11-6-14(16(21)22)23-9(11)2/h3-6,13,19H,7H2,1-2H3,(H,18,20)(H,21,22). The zero-order valence-corrected chi connectivity index (χ0v) is 13.4. The Morgan fingerprint density at radius 2 is 2.00 bits per heavy atom. The summed E-state index contributed by atoms with van der Waals surface area (Å²) in [4.78, 5) is 23.6. The first kappa shape index (κ1) is 17.1. The Morgan fingerprint density at radius 3 is 2.57 bits per heavy atom. The molecule has 0 aliphatic rings. The second kappa shape index (κ2) is 6.89. The predicted molar refractivity (Wildman–Crippen MR) is 84.4 cm³/mol. The van der Waals surface area contributed by atoms with E-state index in [0.29, 0.717) is 16.0 Å². The number of hydrogen-bond donors (Lipinski definition) is 3. The van der Waals surface area contributed by atoms with E-state index in [0.717, 1.165) is 11.3 Å². The van der Waals surface area contributed by atoms with Crippen molar-refractivity contribution in [2.45, 2.75) is 20.0 Å². The van der Waals surface area contributed by atoms with Crippen LogP contribution in [-0.2, 0) is 0 Å². The van der Waals surface area contributed by atoms with Crippen LogP contribution in [0.2, 0.25) is 0 Å². The number of aliphatic hydroxyl groups is 1. The van der Waals surface area contributed by atoms with E-state index in [1.807, 2.05) is 0 Å². The maximum absolute atomic E-state index is 13.5. The van der Waals surface area contributed by atoms with E-state index in [1.54, 1.807) is 26.0 Å². The van der Waals surface area contributed by atoms with Gasteiger partial charge in [-0.3, -0.25) is 4.79 Å². The number of carboxylic acid groups (broad SMARTS) is 1. The van der Waals surface area contributed by atoms with Crippen LogP contribution in [0.5, 0.6) is 0 Å². The largest absolute Gasteiger partial charge is 0.477 e. The summed E-state index contributed by atoms with van der Waals surface area (Å²) in [6.07, 6.45) is -1.05. The van der Waals surface area contributed by atoms with Gasteiger partial charge in [-0.1, -0.05) is 12.1 Å². The lowest BCUT2D eigenvalue weighted by atomic mass is 10.1. The molecule has 2 aromatic rings. The lowest BCUT2D eigenvalue weighted by molar-refractivity contribution is 0.0702. The Kier molecular flexibility index (Phi) is 5.12. The first-order valence-corrected chi connectivity index (χ1v) is 7.67. The van der Waals surface area contributed by atoms with Gasteiger partial charge in [0.15, 0.2) is 0 Å². The van der Waals surface area contributed by atoms with Gasteiger partial charge in [0.25, 0.3) is 5.91 Å². The third-order valence-corrected chi connectivity index (χ3v) is 4.45. The predicted octanol–water partition coefficient (Wildman–Crippen LogP) is 2.67. The summed E-state index contributed by atoms with van der Waals surface area (Å²) in [6.45, 7) is 3.17. The fraction of sp³-hybridized carbons (Fsp3) is 0.250. The zero-order chi connectivity index (χ0) is 17.1. The molecule has 0 spiro atoms. The molecule has 0 saturated carbocycles. The monoisotopic (exact) mass is 337 g/mol. The van der Waals surface area contributed by atoms with Crippen LogP contribution in [0.15, 0.2) is 24.3 Å². The van der Waals surface area contributed by atoms with Gasteiger partial charge >= 0.3 is 5.97 Å². The molecule has 0 saturated heterocycles. The quantitative estimate of drug-likeness (QED) is 0.783. The highest BCUT2D eigenvalue weighted by Crippen LogP contribution is 2.22. The van der Waals surface area contributed by atoms with Gasteiger partial charge in [-0.05, 0) is 37.1 Å². The van der Waals surface area contributed by atoms with Gasteiger partial charge in [-0.15, -0.1) is 11.3 Å². The molecule has 23 heavy (non-hydrogen) atoms. The van der Waals surface area contributed by atoms with Crippen LogP contribution in [0, 0.1) is 19.7 Å². The molecular formula is C16H16FNO4S. The van der Waals surface area contributed by atoms with Crippen molar-refractivity contribution in [2.75, 3.05) is 6.54 Å². The van der Waals surface area contributed by atoms with Gasteiger partial charge in [0, 0.05) is 11.4 Å². The third kappa shape index (κ3) is 3.94. The summed E-state index contributed by atoms with van der Waals surface area (Å²) >= 11 is 1.01. The summed E-state index contributed by atoms with van der Waals surface area (Å²) in [5.41, 5.74) is 1.09. The number of rotatable bonds is 5. The van der Waals surface area contributed by atoms with E-state index in [2.05, 4.69) is 5.32 Å². The summed E-state index contributed by atoms with van der Waals surface area (Å²) < 4.78 is 13.5. The summed E-state index contributed by atoms with van der Waals surface area (Å²) in [6, 6.07) is 5.67. The van der Waals surface area contributed by atoms with E-state index in [4.69, 9.17) is 5.11 Å². The van der Waals surface area contributed by atoms with E-state index in [1.165, 1.54) is 12.1 Å². The maximum atomic E-state index is 13.5. The Labute approximate surface area is 136 Å². The Balaban J connectivity index is 2.03. The minimum atomic E-state index is -1.09. The Morgan fingerprint density at radius 1 is 1.30 bits per heavy atom. The van der Waals surface area contributed by atoms with Gasteiger partial charge in [-0.2, -0.15) is 0 Å². The maximum Gasteiger partial charge on any atom is 0.345 e. The minimum Gasteiger partial charge on any atom is -0.477 e. The fourth-order valence-corrected chi connectivity index (χ4v) is 2.89. The fourth-order valence-electron chi connectivity index (χ4n) is 2.03. The highest BCUT2D eigenvalue weighted by molar-refractivity contribution is 7.14. The van der Waals surface area contributed by atoms with Crippen molar-refractivity contribution in [3.05, 3.63) is 56.5 Å². The van der Waals surface area contributed by atoms with Crippen molar-refractivity contribution in [3.8, 4) is 0 Å². The number of thiophene rings is 1. The highest BCUT2D eigenvalue weighted by Gasteiger charge is 2.18. The number of aromatic carboxylic acids is 1. The molecule has 3 N–H and O–H groups in total. The Bertz CT molecular complexity index is 757. The lowest BCUT2D eigenvalue weighted by Gasteiger charge is -2.13. The van der Waals surface area contributed by atoms with Gasteiger partial charge in [0.1, 0.15) is 10.7 Å². The van der Waals surface area contributed by atoms with E-state index in [-0.39, 0.29) is 17.0 Å². The molecule has 1 unspecified atom stereocenters. The molecule has 5 nitrogen and oxygen atoms in total. The number of halogens is 1. The van der Waals surface area contributed by atoms with Crippen LogP contribution < -0.4 is 5.32 Å². The zero-order valence-electron chi connectivity index (χ0n) is 12.6. The molecular weight excluding hydrogens is 321 g/mol. The number of aryl methyl sites for hydroxylation is 2. The molecule has 1 atom stereocenters. The van der Waals surface area contributed by atoms with Crippen molar-refractivity contribution < 1.29 is 24.2 Å². The second-order valence-corrected chi connectivity index (χ2v) is 6.38. The summed E-state index contributed by atoms with van der Waals surface area (Å²) in [7, 11) is 0. The highest BCUT2D eigenvalue weighted by atomic mass is 32.1. The number of nitrogens with one attached hydrogen (secondary N) is 1. The SMILES string of the molecule is Cc1ccc(C(O)CNC(=O)c2cc(C(=O)O)sc2C)cc1F. The van der Waals surface area contributed by atoms with Crippen LogP contribution in [0.4, 0.5) is 4.39 Å². The number of hydrogen-bond acceptors (Lipinski definition) is 4.